The number of carbonyl (C=O) groups excluding carboxylic acids is 1. The second-order valence-electron chi connectivity index (χ2n) is 4.73. The van der Waals surface area contributed by atoms with Crippen molar-refractivity contribution in [3.05, 3.63) is 39.4 Å². The molecule has 1 rings (SSSR count). The molecule has 0 unspecified atom stereocenters. The lowest BCUT2D eigenvalue weighted by molar-refractivity contribution is -0.385. The fourth-order valence-corrected chi connectivity index (χ4v) is 2.00. The van der Waals surface area contributed by atoms with Crippen LogP contribution in [0.15, 0.2) is 18.2 Å². The summed E-state index contributed by atoms with van der Waals surface area (Å²) in [7, 11) is 0. The van der Waals surface area contributed by atoms with Crippen molar-refractivity contribution in [3.63, 3.8) is 0 Å². The van der Waals surface area contributed by atoms with Crippen LogP contribution in [-0.4, -0.2) is 27.9 Å². The lowest BCUT2D eigenvalue weighted by Crippen LogP contribution is -2.41. The molecule has 0 aliphatic carbocycles. The standard InChI is InChI=1S/C14H18N2O5/c1-3-4-7-10(14(18)19)15-13(17)12-9(2)6-5-8-11(12)16(20)21/h5-6,8,10H,3-4,7H2,1-2H3,(H,15,17)(H,18,19)/t10-/m0/s1. The molecule has 0 spiro atoms. The van der Waals surface area contributed by atoms with Gasteiger partial charge in [0.15, 0.2) is 0 Å². The Hall–Kier alpha value is -2.44. The number of aliphatic carboxylic acids is 1. The third-order valence-corrected chi connectivity index (χ3v) is 3.12. The zero-order valence-corrected chi connectivity index (χ0v) is 12.0. The van der Waals surface area contributed by atoms with Crippen molar-refractivity contribution in [1.29, 1.82) is 0 Å². The molecule has 0 saturated heterocycles. The zero-order chi connectivity index (χ0) is 16.0. The Morgan fingerprint density at radius 3 is 2.62 bits per heavy atom. The number of hydrogen-bond acceptors (Lipinski definition) is 4. The van der Waals surface area contributed by atoms with E-state index in [4.69, 9.17) is 5.11 Å². The molecule has 114 valence electrons. The van der Waals surface area contributed by atoms with E-state index >= 15 is 0 Å². The molecule has 7 nitrogen and oxygen atoms in total. The highest BCUT2D eigenvalue weighted by Gasteiger charge is 2.26. The Kier molecular flexibility index (Phi) is 5.83. The molecular weight excluding hydrogens is 276 g/mol. The van der Waals surface area contributed by atoms with E-state index < -0.39 is 22.8 Å². The molecular formula is C14H18N2O5. The van der Waals surface area contributed by atoms with Crippen LogP contribution in [0.2, 0.25) is 0 Å². The van der Waals surface area contributed by atoms with E-state index in [0.29, 0.717) is 12.0 Å². The first-order chi connectivity index (χ1) is 9.88. The predicted molar refractivity (Wildman–Crippen MR) is 76.2 cm³/mol. The molecule has 0 saturated carbocycles. The van der Waals surface area contributed by atoms with E-state index in [1.165, 1.54) is 12.1 Å². The summed E-state index contributed by atoms with van der Waals surface area (Å²) in [6.07, 6.45) is 1.73. The van der Waals surface area contributed by atoms with E-state index in [-0.39, 0.29) is 17.7 Å². The number of amides is 1. The molecule has 0 aliphatic heterocycles. The Bertz CT molecular complexity index is 556. The molecule has 0 fully saturated rings. The van der Waals surface area contributed by atoms with Gasteiger partial charge in [-0.25, -0.2) is 4.79 Å². The molecule has 2 N–H and O–H groups in total. The van der Waals surface area contributed by atoms with E-state index in [2.05, 4.69) is 5.32 Å². The number of nitro groups is 1. The lowest BCUT2D eigenvalue weighted by atomic mass is 10.0. The maximum Gasteiger partial charge on any atom is 0.326 e. The van der Waals surface area contributed by atoms with Crippen molar-refractivity contribution >= 4 is 17.6 Å². The first kappa shape index (κ1) is 16.6. The number of rotatable bonds is 7. The number of nitrogens with zero attached hydrogens (tertiary/aromatic N) is 1. The third kappa shape index (κ3) is 4.27. The van der Waals surface area contributed by atoms with Crippen LogP contribution in [0.3, 0.4) is 0 Å². The Labute approximate surface area is 122 Å². The molecule has 1 atom stereocenters. The number of aryl methyl sites for hydroxylation is 1. The highest BCUT2D eigenvalue weighted by atomic mass is 16.6. The molecule has 21 heavy (non-hydrogen) atoms. The lowest BCUT2D eigenvalue weighted by Gasteiger charge is -2.15. The van der Waals surface area contributed by atoms with Gasteiger partial charge in [0.1, 0.15) is 11.6 Å². The van der Waals surface area contributed by atoms with Crippen LogP contribution in [0.1, 0.15) is 42.1 Å². The fourth-order valence-electron chi connectivity index (χ4n) is 2.00. The predicted octanol–water partition coefficient (Wildman–Crippen LogP) is 2.28. The maximum absolute atomic E-state index is 12.2. The minimum atomic E-state index is -1.15. The average molecular weight is 294 g/mol. The van der Waals surface area contributed by atoms with E-state index in [1.54, 1.807) is 13.0 Å². The van der Waals surface area contributed by atoms with Crippen molar-refractivity contribution in [2.45, 2.75) is 39.2 Å². The van der Waals surface area contributed by atoms with E-state index in [0.717, 1.165) is 6.42 Å². The van der Waals surface area contributed by atoms with Crippen molar-refractivity contribution in [2.24, 2.45) is 0 Å². The highest BCUT2D eigenvalue weighted by Crippen LogP contribution is 2.22. The number of benzene rings is 1. The van der Waals surface area contributed by atoms with Gasteiger partial charge in [-0.2, -0.15) is 0 Å². The monoisotopic (exact) mass is 294 g/mol. The molecule has 1 aromatic carbocycles. The van der Waals surface area contributed by atoms with Crippen molar-refractivity contribution in [1.82, 2.24) is 5.32 Å². The zero-order valence-electron chi connectivity index (χ0n) is 12.0. The summed E-state index contributed by atoms with van der Waals surface area (Å²) < 4.78 is 0. The molecule has 7 heteroatoms. The number of carbonyl (C=O) groups is 2. The van der Waals surface area contributed by atoms with Crippen LogP contribution in [0, 0.1) is 17.0 Å². The number of hydrogen-bond donors (Lipinski definition) is 2. The number of unbranched alkanes of at least 4 members (excludes halogenated alkanes) is 1. The molecule has 0 aromatic heterocycles. The minimum absolute atomic E-state index is 0.0924. The molecule has 0 bridgehead atoms. The van der Waals surface area contributed by atoms with Crippen LogP contribution < -0.4 is 5.32 Å². The SMILES string of the molecule is CCCC[C@H](NC(=O)c1c(C)cccc1[N+](=O)[O-])C(=O)O. The Balaban J connectivity index is 3.02. The topological polar surface area (TPSA) is 110 Å². The minimum Gasteiger partial charge on any atom is -0.480 e. The Morgan fingerprint density at radius 1 is 1.43 bits per heavy atom. The molecule has 0 aliphatic rings. The van der Waals surface area contributed by atoms with Gasteiger partial charge in [-0.3, -0.25) is 14.9 Å². The van der Waals surface area contributed by atoms with Gasteiger partial charge in [-0.15, -0.1) is 0 Å². The van der Waals surface area contributed by atoms with Crippen LogP contribution in [0.5, 0.6) is 0 Å². The van der Waals surface area contributed by atoms with Crippen molar-refractivity contribution < 1.29 is 19.6 Å². The number of nitro benzene ring substituents is 1. The third-order valence-electron chi connectivity index (χ3n) is 3.12. The summed E-state index contributed by atoms with van der Waals surface area (Å²) in [5.41, 5.74) is 0.0127. The number of nitrogens with one attached hydrogen (secondary N) is 1. The normalized spacial score (nSPS) is 11.7. The summed E-state index contributed by atoms with van der Waals surface area (Å²) >= 11 is 0. The van der Waals surface area contributed by atoms with Gasteiger partial charge in [0.25, 0.3) is 11.6 Å². The second kappa shape index (κ2) is 7.37. The smallest absolute Gasteiger partial charge is 0.326 e. The van der Waals surface area contributed by atoms with Gasteiger partial charge in [0.2, 0.25) is 0 Å². The molecule has 1 amide bonds. The van der Waals surface area contributed by atoms with Crippen LogP contribution in [-0.2, 0) is 4.79 Å². The number of carboxylic acid groups (broad SMARTS) is 1. The number of carboxylic acids is 1. The summed E-state index contributed by atoms with van der Waals surface area (Å²) in [6.45, 7) is 3.48. The molecule has 1 aromatic rings. The average Bonchev–Trinajstić information content (AvgIpc) is 2.42. The van der Waals surface area contributed by atoms with Crippen LogP contribution >= 0.6 is 0 Å². The van der Waals surface area contributed by atoms with Crippen LogP contribution in [0.4, 0.5) is 5.69 Å². The maximum atomic E-state index is 12.2. The van der Waals surface area contributed by atoms with Gasteiger partial charge in [-0.05, 0) is 18.9 Å². The molecule has 0 heterocycles. The van der Waals surface area contributed by atoms with E-state index in [1.807, 2.05) is 6.92 Å². The first-order valence-corrected chi connectivity index (χ1v) is 6.66. The van der Waals surface area contributed by atoms with Gasteiger partial charge in [-0.1, -0.05) is 31.9 Å². The van der Waals surface area contributed by atoms with E-state index in [9.17, 15) is 19.7 Å². The molecule has 0 radical (unpaired) electrons. The largest absolute Gasteiger partial charge is 0.480 e. The van der Waals surface area contributed by atoms with Gasteiger partial charge in [0.05, 0.1) is 4.92 Å². The summed E-state index contributed by atoms with van der Waals surface area (Å²) in [6, 6.07) is 3.24. The summed E-state index contributed by atoms with van der Waals surface area (Å²) in [5, 5.41) is 22.4. The van der Waals surface area contributed by atoms with Crippen molar-refractivity contribution in [2.75, 3.05) is 0 Å². The van der Waals surface area contributed by atoms with Crippen LogP contribution in [0.25, 0.3) is 0 Å². The van der Waals surface area contributed by atoms with Gasteiger partial charge >= 0.3 is 5.97 Å². The van der Waals surface area contributed by atoms with Gasteiger partial charge < -0.3 is 10.4 Å². The Morgan fingerprint density at radius 2 is 2.10 bits per heavy atom. The summed E-state index contributed by atoms with van der Waals surface area (Å²) in [5.74, 6) is -1.88. The highest BCUT2D eigenvalue weighted by molar-refractivity contribution is 6.01. The quantitative estimate of drug-likeness (QED) is 0.592. The van der Waals surface area contributed by atoms with Gasteiger partial charge in [0, 0.05) is 6.07 Å². The summed E-state index contributed by atoms with van der Waals surface area (Å²) in [4.78, 5) is 33.6. The fraction of sp³-hybridized carbons (Fsp3) is 0.429. The first-order valence-electron chi connectivity index (χ1n) is 6.66. The second-order valence-corrected chi connectivity index (χ2v) is 4.73. The van der Waals surface area contributed by atoms with Crippen molar-refractivity contribution in [3.8, 4) is 0 Å².